The van der Waals surface area contributed by atoms with Crippen molar-refractivity contribution in [3.8, 4) is 11.5 Å². The van der Waals surface area contributed by atoms with Gasteiger partial charge in [0.05, 0.1) is 18.7 Å². The van der Waals surface area contributed by atoms with E-state index in [1.807, 2.05) is 42.5 Å². The SMILES string of the molecule is COc1ccc(CCOc2c(Cl)cccc2CCN)cc1. The van der Waals surface area contributed by atoms with Crippen LogP contribution in [0.5, 0.6) is 11.5 Å². The number of para-hydroxylation sites is 1. The molecule has 0 radical (unpaired) electrons. The summed E-state index contributed by atoms with van der Waals surface area (Å²) in [6.07, 6.45) is 1.58. The minimum atomic E-state index is 0.577. The minimum Gasteiger partial charge on any atom is -0.497 e. The van der Waals surface area contributed by atoms with E-state index in [9.17, 15) is 0 Å². The molecule has 0 aliphatic heterocycles. The Labute approximate surface area is 130 Å². The van der Waals surface area contributed by atoms with Crippen LogP contribution in [0.3, 0.4) is 0 Å². The fourth-order valence-electron chi connectivity index (χ4n) is 2.13. The van der Waals surface area contributed by atoms with Gasteiger partial charge in [0.15, 0.2) is 0 Å². The molecule has 0 unspecified atom stereocenters. The second-order valence-electron chi connectivity index (χ2n) is 4.71. The number of ether oxygens (including phenoxy) is 2. The predicted octanol–water partition coefficient (Wildman–Crippen LogP) is 3.47. The zero-order valence-corrected chi connectivity index (χ0v) is 12.9. The monoisotopic (exact) mass is 305 g/mol. The third-order valence-corrected chi connectivity index (χ3v) is 3.56. The van der Waals surface area contributed by atoms with Gasteiger partial charge in [-0.15, -0.1) is 0 Å². The van der Waals surface area contributed by atoms with E-state index in [4.69, 9.17) is 26.8 Å². The van der Waals surface area contributed by atoms with Crippen LogP contribution in [0.15, 0.2) is 42.5 Å². The van der Waals surface area contributed by atoms with Crippen molar-refractivity contribution in [1.82, 2.24) is 0 Å². The average Bonchev–Trinajstić information content (AvgIpc) is 2.51. The van der Waals surface area contributed by atoms with Crippen molar-refractivity contribution < 1.29 is 9.47 Å². The molecule has 0 spiro atoms. The second-order valence-corrected chi connectivity index (χ2v) is 5.12. The molecule has 0 aliphatic rings. The molecule has 2 N–H and O–H groups in total. The molecule has 0 fully saturated rings. The van der Waals surface area contributed by atoms with E-state index in [0.717, 1.165) is 29.9 Å². The molecule has 2 aromatic rings. The van der Waals surface area contributed by atoms with E-state index in [-0.39, 0.29) is 0 Å². The first-order chi connectivity index (χ1) is 10.2. The summed E-state index contributed by atoms with van der Waals surface area (Å²) in [6, 6.07) is 13.7. The summed E-state index contributed by atoms with van der Waals surface area (Å²) in [4.78, 5) is 0. The van der Waals surface area contributed by atoms with Crippen LogP contribution in [0.1, 0.15) is 11.1 Å². The summed E-state index contributed by atoms with van der Waals surface area (Å²) in [6.45, 7) is 1.16. The number of rotatable bonds is 7. The van der Waals surface area contributed by atoms with E-state index >= 15 is 0 Å². The summed E-state index contributed by atoms with van der Waals surface area (Å²) >= 11 is 6.20. The molecule has 0 aromatic heterocycles. The highest BCUT2D eigenvalue weighted by Gasteiger charge is 2.08. The van der Waals surface area contributed by atoms with Gasteiger partial charge < -0.3 is 15.2 Å². The molecule has 2 rings (SSSR count). The van der Waals surface area contributed by atoms with Crippen LogP contribution in [0.25, 0.3) is 0 Å². The lowest BCUT2D eigenvalue weighted by molar-refractivity contribution is 0.318. The van der Waals surface area contributed by atoms with Crippen LogP contribution in [0.2, 0.25) is 5.02 Å². The molecule has 21 heavy (non-hydrogen) atoms. The lowest BCUT2D eigenvalue weighted by Crippen LogP contribution is -2.07. The zero-order chi connectivity index (χ0) is 15.1. The number of methoxy groups -OCH3 is 1. The first-order valence-corrected chi connectivity index (χ1v) is 7.35. The lowest BCUT2D eigenvalue weighted by atomic mass is 10.1. The standard InChI is InChI=1S/C17H20ClNO2/c1-20-15-7-5-13(6-8-15)10-12-21-17-14(9-11-19)3-2-4-16(17)18/h2-8H,9-12,19H2,1H3. The maximum Gasteiger partial charge on any atom is 0.141 e. The van der Waals surface area contributed by atoms with Crippen molar-refractivity contribution >= 4 is 11.6 Å². The summed E-state index contributed by atoms with van der Waals surface area (Å²) in [5.41, 5.74) is 7.87. The molecule has 0 amide bonds. The largest absolute Gasteiger partial charge is 0.497 e. The fourth-order valence-corrected chi connectivity index (χ4v) is 2.38. The molecule has 112 valence electrons. The van der Waals surface area contributed by atoms with Gasteiger partial charge in [-0.05, 0) is 42.3 Å². The van der Waals surface area contributed by atoms with E-state index in [2.05, 4.69) is 0 Å². The fraction of sp³-hybridized carbons (Fsp3) is 0.294. The summed E-state index contributed by atoms with van der Waals surface area (Å²) in [5.74, 6) is 1.61. The van der Waals surface area contributed by atoms with Gasteiger partial charge in [-0.1, -0.05) is 35.9 Å². The smallest absolute Gasteiger partial charge is 0.141 e. The third-order valence-electron chi connectivity index (χ3n) is 3.26. The molecule has 3 nitrogen and oxygen atoms in total. The number of benzene rings is 2. The quantitative estimate of drug-likeness (QED) is 0.852. The van der Waals surface area contributed by atoms with Gasteiger partial charge in [0.2, 0.25) is 0 Å². The van der Waals surface area contributed by atoms with Crippen molar-refractivity contribution in [1.29, 1.82) is 0 Å². The number of hydrogen-bond acceptors (Lipinski definition) is 3. The molecule has 2 aromatic carbocycles. The zero-order valence-electron chi connectivity index (χ0n) is 12.1. The highest BCUT2D eigenvalue weighted by Crippen LogP contribution is 2.29. The normalized spacial score (nSPS) is 10.4. The van der Waals surface area contributed by atoms with Crippen molar-refractivity contribution in [3.63, 3.8) is 0 Å². The van der Waals surface area contributed by atoms with Gasteiger partial charge in [-0.3, -0.25) is 0 Å². The molecule has 0 bridgehead atoms. The summed E-state index contributed by atoms with van der Waals surface area (Å²) < 4.78 is 11.0. The Kier molecular flexibility index (Phi) is 5.90. The van der Waals surface area contributed by atoms with Gasteiger partial charge in [0, 0.05) is 6.42 Å². The molecule has 0 saturated carbocycles. The average molecular weight is 306 g/mol. The maximum absolute atomic E-state index is 6.20. The first kappa shape index (κ1) is 15.7. The number of halogens is 1. The van der Waals surface area contributed by atoms with Crippen LogP contribution in [0.4, 0.5) is 0 Å². The van der Waals surface area contributed by atoms with Gasteiger partial charge in [-0.2, -0.15) is 0 Å². The van der Waals surface area contributed by atoms with Crippen LogP contribution >= 0.6 is 11.6 Å². The molecule has 0 aliphatic carbocycles. The second kappa shape index (κ2) is 7.91. The predicted molar refractivity (Wildman–Crippen MR) is 86.4 cm³/mol. The van der Waals surface area contributed by atoms with E-state index in [1.54, 1.807) is 7.11 Å². The Morgan fingerprint density at radius 2 is 1.81 bits per heavy atom. The number of hydrogen-bond donors (Lipinski definition) is 1. The summed E-state index contributed by atoms with van der Waals surface area (Å²) in [5, 5.41) is 0.635. The Hall–Kier alpha value is -1.71. The van der Waals surface area contributed by atoms with Gasteiger partial charge >= 0.3 is 0 Å². The van der Waals surface area contributed by atoms with E-state index in [0.29, 0.717) is 18.2 Å². The molecular formula is C17H20ClNO2. The van der Waals surface area contributed by atoms with Crippen LogP contribution in [0, 0.1) is 0 Å². The van der Waals surface area contributed by atoms with E-state index in [1.165, 1.54) is 5.56 Å². The van der Waals surface area contributed by atoms with Crippen molar-refractivity contribution in [2.45, 2.75) is 12.8 Å². The minimum absolute atomic E-state index is 0.577. The topological polar surface area (TPSA) is 44.5 Å². The Morgan fingerprint density at radius 3 is 2.48 bits per heavy atom. The molecule has 0 saturated heterocycles. The highest BCUT2D eigenvalue weighted by molar-refractivity contribution is 6.32. The van der Waals surface area contributed by atoms with Gasteiger partial charge in [0.25, 0.3) is 0 Å². The van der Waals surface area contributed by atoms with Crippen molar-refractivity contribution in [2.24, 2.45) is 5.73 Å². The van der Waals surface area contributed by atoms with Crippen LogP contribution < -0.4 is 15.2 Å². The third kappa shape index (κ3) is 4.38. The van der Waals surface area contributed by atoms with Gasteiger partial charge in [-0.25, -0.2) is 0 Å². The van der Waals surface area contributed by atoms with Gasteiger partial charge in [0.1, 0.15) is 11.5 Å². The van der Waals surface area contributed by atoms with Crippen LogP contribution in [-0.2, 0) is 12.8 Å². The molecular weight excluding hydrogens is 286 g/mol. The highest BCUT2D eigenvalue weighted by atomic mass is 35.5. The first-order valence-electron chi connectivity index (χ1n) is 6.97. The van der Waals surface area contributed by atoms with Crippen molar-refractivity contribution in [3.05, 3.63) is 58.6 Å². The van der Waals surface area contributed by atoms with Crippen molar-refractivity contribution in [2.75, 3.05) is 20.3 Å². The maximum atomic E-state index is 6.20. The molecule has 0 atom stereocenters. The Morgan fingerprint density at radius 1 is 1.05 bits per heavy atom. The number of nitrogens with two attached hydrogens (primary N) is 1. The summed E-state index contributed by atoms with van der Waals surface area (Å²) in [7, 11) is 1.66. The molecule has 4 heteroatoms. The lowest BCUT2D eigenvalue weighted by Gasteiger charge is -2.13. The van der Waals surface area contributed by atoms with Crippen LogP contribution in [-0.4, -0.2) is 20.3 Å². The van der Waals surface area contributed by atoms with E-state index < -0.39 is 0 Å². The Bertz CT molecular complexity index is 570. The Balaban J connectivity index is 1.96. The molecule has 0 heterocycles.